The van der Waals surface area contributed by atoms with E-state index in [1.165, 1.54) is 12.8 Å². The number of nitrogens with zero attached hydrogens (tertiary/aromatic N) is 2. The Morgan fingerprint density at radius 1 is 1.15 bits per heavy atom. The van der Waals surface area contributed by atoms with Crippen molar-refractivity contribution in [2.24, 2.45) is 11.5 Å². The van der Waals surface area contributed by atoms with Crippen LogP contribution in [0.1, 0.15) is 31.4 Å². The fraction of sp³-hybridized carbons (Fsp3) is 0.438. The summed E-state index contributed by atoms with van der Waals surface area (Å²) >= 11 is 0. The van der Waals surface area contributed by atoms with Crippen molar-refractivity contribution in [1.29, 1.82) is 0 Å². The molecule has 2 rings (SSSR count). The van der Waals surface area contributed by atoms with Crippen LogP contribution in [0.5, 0.6) is 0 Å². The van der Waals surface area contributed by atoms with Crippen LogP contribution < -0.4 is 11.5 Å². The zero-order valence-corrected chi connectivity index (χ0v) is 12.0. The van der Waals surface area contributed by atoms with E-state index in [1.54, 1.807) is 0 Å². The van der Waals surface area contributed by atoms with Crippen molar-refractivity contribution < 1.29 is 0 Å². The van der Waals surface area contributed by atoms with Crippen molar-refractivity contribution in [3.8, 4) is 0 Å². The maximum Gasteiger partial charge on any atom is 0.0884 e. The first-order chi connectivity index (χ1) is 9.83. The van der Waals surface area contributed by atoms with E-state index in [0.29, 0.717) is 0 Å². The lowest BCUT2D eigenvalue weighted by Crippen LogP contribution is -2.29. The highest BCUT2D eigenvalue weighted by molar-refractivity contribution is 5.67. The van der Waals surface area contributed by atoms with Crippen molar-refractivity contribution >= 4 is 5.70 Å². The van der Waals surface area contributed by atoms with Gasteiger partial charge in [0.1, 0.15) is 0 Å². The number of hydrogen-bond donors (Lipinski definition) is 2. The summed E-state index contributed by atoms with van der Waals surface area (Å²) in [5.74, 6) is 0. The molecule has 2 heterocycles. The van der Waals surface area contributed by atoms with Crippen LogP contribution in [0.3, 0.4) is 0 Å². The molecule has 0 aromatic carbocycles. The molecule has 108 valence electrons. The summed E-state index contributed by atoms with van der Waals surface area (Å²) < 4.78 is 0. The topological polar surface area (TPSA) is 68.2 Å². The third-order valence-corrected chi connectivity index (χ3v) is 3.50. The molecule has 4 heteroatoms. The van der Waals surface area contributed by atoms with Crippen molar-refractivity contribution in [2.45, 2.75) is 25.7 Å². The minimum atomic E-state index is 0.790. The Morgan fingerprint density at radius 2 is 2.00 bits per heavy atom. The molecule has 0 saturated heterocycles. The van der Waals surface area contributed by atoms with Gasteiger partial charge in [0.2, 0.25) is 0 Å². The van der Waals surface area contributed by atoms with Gasteiger partial charge < -0.3 is 16.4 Å². The molecular weight excluding hydrogens is 248 g/mol. The van der Waals surface area contributed by atoms with Gasteiger partial charge in [-0.15, -0.1) is 0 Å². The molecule has 1 aliphatic rings. The van der Waals surface area contributed by atoms with E-state index in [1.807, 2.05) is 30.5 Å². The first-order valence-electron chi connectivity index (χ1n) is 7.35. The second-order valence-electron chi connectivity index (χ2n) is 5.07. The second-order valence-corrected chi connectivity index (χ2v) is 5.07. The number of allylic oxidation sites excluding steroid dienone is 1. The molecule has 1 aliphatic heterocycles. The van der Waals surface area contributed by atoms with Gasteiger partial charge in [0.25, 0.3) is 0 Å². The molecule has 0 aliphatic carbocycles. The smallest absolute Gasteiger partial charge is 0.0884 e. The fourth-order valence-corrected chi connectivity index (χ4v) is 2.48. The highest BCUT2D eigenvalue weighted by atomic mass is 15.2. The first-order valence-corrected chi connectivity index (χ1v) is 7.35. The maximum absolute atomic E-state index is 6.15. The highest BCUT2D eigenvalue weighted by Gasteiger charge is 2.17. The number of unbranched alkanes of at least 4 members (excludes halogenated alkanes) is 3. The van der Waals surface area contributed by atoms with E-state index < -0.39 is 0 Å². The Labute approximate surface area is 121 Å². The molecule has 20 heavy (non-hydrogen) atoms. The van der Waals surface area contributed by atoms with E-state index in [-0.39, 0.29) is 0 Å². The molecule has 0 atom stereocenters. The lowest BCUT2D eigenvalue weighted by molar-refractivity contribution is 0.409. The zero-order valence-electron chi connectivity index (χ0n) is 12.0. The number of rotatable bonds is 7. The third-order valence-electron chi connectivity index (χ3n) is 3.50. The number of aromatic nitrogens is 1. The molecule has 0 saturated carbocycles. The van der Waals surface area contributed by atoms with Gasteiger partial charge in [-0.25, -0.2) is 0 Å². The Hall–Kier alpha value is -1.81. The van der Waals surface area contributed by atoms with Crippen LogP contribution in [-0.4, -0.2) is 29.5 Å². The summed E-state index contributed by atoms with van der Waals surface area (Å²) in [4.78, 5) is 6.75. The minimum absolute atomic E-state index is 0.790. The molecule has 0 amide bonds. The van der Waals surface area contributed by atoms with Gasteiger partial charge in [0.05, 0.1) is 17.1 Å². The molecule has 0 bridgehead atoms. The van der Waals surface area contributed by atoms with Crippen molar-refractivity contribution in [2.75, 3.05) is 19.6 Å². The van der Waals surface area contributed by atoms with Crippen LogP contribution in [0.2, 0.25) is 0 Å². The predicted octanol–water partition coefficient (Wildman–Crippen LogP) is 2.10. The Kier molecular flexibility index (Phi) is 5.62. The van der Waals surface area contributed by atoms with Crippen LogP contribution in [0, 0.1) is 0 Å². The van der Waals surface area contributed by atoms with E-state index in [2.05, 4.69) is 16.0 Å². The maximum atomic E-state index is 6.15. The average Bonchev–Trinajstić information content (AvgIpc) is 2.48. The van der Waals surface area contributed by atoms with Gasteiger partial charge in [-0.3, -0.25) is 4.98 Å². The summed E-state index contributed by atoms with van der Waals surface area (Å²) in [6.45, 7) is 2.71. The fourth-order valence-electron chi connectivity index (χ4n) is 2.48. The molecular formula is C16H24N4. The summed E-state index contributed by atoms with van der Waals surface area (Å²) in [5, 5.41) is 0. The zero-order chi connectivity index (χ0) is 14.2. The van der Waals surface area contributed by atoms with Gasteiger partial charge in [-0.1, -0.05) is 25.0 Å². The number of pyridine rings is 1. The van der Waals surface area contributed by atoms with E-state index >= 15 is 0 Å². The molecule has 4 N–H and O–H groups in total. The van der Waals surface area contributed by atoms with E-state index in [0.717, 1.165) is 49.6 Å². The highest BCUT2D eigenvalue weighted by Crippen LogP contribution is 2.23. The predicted molar refractivity (Wildman–Crippen MR) is 83.6 cm³/mol. The molecule has 0 radical (unpaired) electrons. The first kappa shape index (κ1) is 14.6. The summed E-state index contributed by atoms with van der Waals surface area (Å²) in [5.41, 5.74) is 14.5. The van der Waals surface area contributed by atoms with Gasteiger partial charge in [-0.2, -0.15) is 0 Å². The third kappa shape index (κ3) is 3.84. The van der Waals surface area contributed by atoms with Crippen molar-refractivity contribution in [1.82, 2.24) is 9.88 Å². The quantitative estimate of drug-likeness (QED) is 0.746. The standard InChI is InChI=1S/C16H24N4/c17-10-4-1-2-6-12-20-13-7-8-14(18)16(20)15-9-3-5-11-19-15/h3,5,7-9,11H,1-2,4,6,10,12-13,17-18H2. The molecule has 0 spiro atoms. The monoisotopic (exact) mass is 272 g/mol. The number of nitrogens with two attached hydrogens (primary N) is 2. The van der Waals surface area contributed by atoms with E-state index in [4.69, 9.17) is 11.5 Å². The number of hydrogen-bond acceptors (Lipinski definition) is 4. The Balaban J connectivity index is 2.00. The van der Waals surface area contributed by atoms with Crippen LogP contribution in [-0.2, 0) is 0 Å². The van der Waals surface area contributed by atoms with Gasteiger partial charge in [-0.05, 0) is 37.6 Å². The second kappa shape index (κ2) is 7.70. The molecule has 0 fully saturated rings. The SMILES string of the molecule is NCCCCCCN1CC=CC(N)=C1c1ccccn1. The van der Waals surface area contributed by atoms with Crippen molar-refractivity contribution in [3.63, 3.8) is 0 Å². The van der Waals surface area contributed by atoms with Gasteiger partial charge >= 0.3 is 0 Å². The Bertz CT molecular complexity index is 465. The normalized spacial score (nSPS) is 14.9. The Morgan fingerprint density at radius 3 is 2.75 bits per heavy atom. The van der Waals surface area contributed by atoms with Gasteiger partial charge in [0.15, 0.2) is 0 Å². The average molecular weight is 272 g/mol. The van der Waals surface area contributed by atoms with Crippen LogP contribution in [0.15, 0.2) is 42.2 Å². The summed E-state index contributed by atoms with van der Waals surface area (Å²) in [7, 11) is 0. The minimum Gasteiger partial charge on any atom is -0.397 e. The summed E-state index contributed by atoms with van der Waals surface area (Å²) in [6, 6.07) is 5.94. The molecule has 0 unspecified atom stereocenters. The van der Waals surface area contributed by atoms with Crippen LogP contribution in [0.4, 0.5) is 0 Å². The van der Waals surface area contributed by atoms with Crippen LogP contribution in [0.25, 0.3) is 5.70 Å². The summed E-state index contributed by atoms with van der Waals surface area (Å²) in [6.07, 6.45) is 10.6. The van der Waals surface area contributed by atoms with Gasteiger partial charge in [0, 0.05) is 19.3 Å². The van der Waals surface area contributed by atoms with Crippen molar-refractivity contribution in [3.05, 3.63) is 47.9 Å². The molecule has 4 nitrogen and oxygen atoms in total. The lowest BCUT2D eigenvalue weighted by Gasteiger charge is -2.29. The molecule has 1 aromatic rings. The molecule has 1 aromatic heterocycles. The van der Waals surface area contributed by atoms with E-state index in [9.17, 15) is 0 Å². The lowest BCUT2D eigenvalue weighted by atomic mass is 10.1. The van der Waals surface area contributed by atoms with Crippen LogP contribution >= 0.6 is 0 Å². The largest absolute Gasteiger partial charge is 0.397 e.